The summed E-state index contributed by atoms with van der Waals surface area (Å²) in [7, 11) is 0. The van der Waals surface area contributed by atoms with E-state index in [-0.39, 0.29) is 0 Å². The molecule has 0 saturated heterocycles. The van der Waals surface area contributed by atoms with Gasteiger partial charge in [-0.05, 0) is 38.0 Å². The molecule has 0 aliphatic rings. The summed E-state index contributed by atoms with van der Waals surface area (Å²) in [6.45, 7) is 6.20. The fourth-order valence-electron chi connectivity index (χ4n) is 1.62. The van der Waals surface area contributed by atoms with E-state index in [0.717, 1.165) is 28.8 Å². The summed E-state index contributed by atoms with van der Waals surface area (Å²) >= 11 is 0. The lowest BCUT2D eigenvalue weighted by molar-refractivity contribution is 0.989. The number of hydrogen-bond donors (Lipinski definition) is 0. The topological polar surface area (TPSA) is 25.8 Å². The van der Waals surface area contributed by atoms with Crippen molar-refractivity contribution >= 4 is 11.0 Å². The van der Waals surface area contributed by atoms with E-state index in [1.165, 1.54) is 5.56 Å². The summed E-state index contributed by atoms with van der Waals surface area (Å²) in [5, 5.41) is 0. The average Bonchev–Trinajstić information content (AvgIpc) is 2.16. The molecular weight excluding hydrogens is 172 g/mol. The third kappa shape index (κ3) is 1.48. The molecule has 1 aromatic heterocycles. The van der Waals surface area contributed by atoms with Crippen LogP contribution in [0, 0.1) is 13.8 Å². The van der Waals surface area contributed by atoms with Gasteiger partial charge in [-0.1, -0.05) is 13.0 Å². The highest BCUT2D eigenvalue weighted by molar-refractivity contribution is 5.75. The van der Waals surface area contributed by atoms with Gasteiger partial charge in [-0.25, -0.2) is 9.97 Å². The predicted octanol–water partition coefficient (Wildman–Crippen LogP) is 2.81. The molecule has 2 heteroatoms. The molecule has 0 bridgehead atoms. The smallest absolute Gasteiger partial charge is 0.0892 e. The van der Waals surface area contributed by atoms with E-state index in [0.29, 0.717) is 0 Å². The van der Waals surface area contributed by atoms with Gasteiger partial charge in [0.25, 0.3) is 0 Å². The van der Waals surface area contributed by atoms with Gasteiger partial charge in [0.05, 0.1) is 22.4 Å². The minimum Gasteiger partial charge on any atom is -0.250 e. The number of fused-ring (bicyclic) bond motifs is 1. The Labute approximate surface area is 84.0 Å². The summed E-state index contributed by atoms with van der Waals surface area (Å²) in [6.07, 6.45) is 0.947. The molecule has 0 aliphatic carbocycles. The van der Waals surface area contributed by atoms with Crippen molar-refractivity contribution in [1.29, 1.82) is 0 Å². The Kier molecular flexibility index (Phi) is 2.20. The first-order chi connectivity index (χ1) is 6.70. The summed E-state index contributed by atoms with van der Waals surface area (Å²) in [4.78, 5) is 9.12. The van der Waals surface area contributed by atoms with E-state index in [2.05, 4.69) is 35.9 Å². The second-order valence-electron chi connectivity index (χ2n) is 3.60. The quantitative estimate of drug-likeness (QED) is 0.684. The van der Waals surface area contributed by atoms with E-state index >= 15 is 0 Å². The fourth-order valence-corrected chi connectivity index (χ4v) is 1.62. The Morgan fingerprint density at radius 2 is 1.86 bits per heavy atom. The first-order valence-electron chi connectivity index (χ1n) is 4.94. The molecule has 0 saturated carbocycles. The second-order valence-corrected chi connectivity index (χ2v) is 3.60. The third-order valence-electron chi connectivity index (χ3n) is 2.43. The van der Waals surface area contributed by atoms with Crippen LogP contribution in [-0.2, 0) is 6.42 Å². The summed E-state index contributed by atoms with van der Waals surface area (Å²) < 4.78 is 0. The Morgan fingerprint density at radius 1 is 1.07 bits per heavy atom. The van der Waals surface area contributed by atoms with E-state index in [1.807, 2.05) is 13.0 Å². The highest BCUT2D eigenvalue weighted by Gasteiger charge is 2.02. The molecule has 2 nitrogen and oxygen atoms in total. The van der Waals surface area contributed by atoms with Crippen molar-refractivity contribution in [3.63, 3.8) is 0 Å². The largest absolute Gasteiger partial charge is 0.250 e. The molecule has 0 spiro atoms. The van der Waals surface area contributed by atoms with Crippen LogP contribution < -0.4 is 0 Å². The molecule has 0 amide bonds. The monoisotopic (exact) mass is 186 g/mol. The number of nitrogens with zero attached hydrogens (tertiary/aromatic N) is 2. The maximum Gasteiger partial charge on any atom is 0.0892 e. The molecule has 0 radical (unpaired) electrons. The van der Waals surface area contributed by atoms with Crippen molar-refractivity contribution in [1.82, 2.24) is 9.97 Å². The van der Waals surface area contributed by atoms with Crippen molar-refractivity contribution in [3.05, 3.63) is 35.2 Å². The molecule has 1 aromatic carbocycles. The van der Waals surface area contributed by atoms with Crippen LogP contribution in [0.2, 0.25) is 0 Å². The van der Waals surface area contributed by atoms with Crippen LogP contribution >= 0.6 is 0 Å². The lowest BCUT2D eigenvalue weighted by Crippen LogP contribution is -1.96. The Bertz CT molecular complexity index is 475. The predicted molar refractivity (Wildman–Crippen MR) is 58.4 cm³/mol. The molecule has 0 fully saturated rings. The van der Waals surface area contributed by atoms with E-state index in [9.17, 15) is 0 Å². The van der Waals surface area contributed by atoms with Gasteiger partial charge < -0.3 is 0 Å². The van der Waals surface area contributed by atoms with Crippen LogP contribution in [0.3, 0.4) is 0 Å². The summed E-state index contributed by atoms with van der Waals surface area (Å²) in [5.41, 5.74) is 5.38. The highest BCUT2D eigenvalue weighted by atomic mass is 14.8. The van der Waals surface area contributed by atoms with E-state index < -0.39 is 0 Å². The number of aryl methyl sites for hydroxylation is 3. The minimum absolute atomic E-state index is 0.947. The summed E-state index contributed by atoms with van der Waals surface area (Å²) in [5.74, 6) is 0. The van der Waals surface area contributed by atoms with Crippen LogP contribution in [0.5, 0.6) is 0 Å². The molecule has 0 unspecified atom stereocenters. The van der Waals surface area contributed by atoms with Gasteiger partial charge in [0.2, 0.25) is 0 Å². The molecule has 0 atom stereocenters. The maximum absolute atomic E-state index is 4.57. The van der Waals surface area contributed by atoms with Crippen LogP contribution in [0.1, 0.15) is 23.9 Å². The van der Waals surface area contributed by atoms with Gasteiger partial charge in [0, 0.05) is 0 Å². The van der Waals surface area contributed by atoms with Crippen molar-refractivity contribution < 1.29 is 0 Å². The summed E-state index contributed by atoms with van der Waals surface area (Å²) in [6, 6.07) is 6.19. The third-order valence-corrected chi connectivity index (χ3v) is 2.43. The molecule has 14 heavy (non-hydrogen) atoms. The number of benzene rings is 1. The molecule has 72 valence electrons. The Balaban J connectivity index is 2.73. The van der Waals surface area contributed by atoms with Crippen molar-refractivity contribution in [2.75, 3.05) is 0 Å². The Morgan fingerprint density at radius 3 is 2.57 bits per heavy atom. The maximum atomic E-state index is 4.57. The van der Waals surface area contributed by atoms with E-state index in [4.69, 9.17) is 0 Å². The SMILES string of the molecule is CCc1nc2ccc(C)cc2nc1C. The standard InChI is InChI=1S/C12H14N2/c1-4-10-9(3)13-12-7-8(2)5-6-11(12)14-10/h5-7H,4H2,1-3H3. The van der Waals surface area contributed by atoms with Crippen LogP contribution in [0.25, 0.3) is 11.0 Å². The van der Waals surface area contributed by atoms with Gasteiger partial charge >= 0.3 is 0 Å². The van der Waals surface area contributed by atoms with Crippen LogP contribution in [-0.4, -0.2) is 9.97 Å². The first-order valence-corrected chi connectivity index (χ1v) is 4.94. The van der Waals surface area contributed by atoms with Crippen molar-refractivity contribution in [3.8, 4) is 0 Å². The lowest BCUT2D eigenvalue weighted by atomic mass is 10.2. The number of aromatic nitrogens is 2. The first kappa shape index (κ1) is 9.13. The van der Waals surface area contributed by atoms with Gasteiger partial charge in [0.1, 0.15) is 0 Å². The average molecular weight is 186 g/mol. The number of hydrogen-bond acceptors (Lipinski definition) is 2. The van der Waals surface area contributed by atoms with Crippen molar-refractivity contribution in [2.45, 2.75) is 27.2 Å². The molecule has 2 aromatic rings. The second kappa shape index (κ2) is 3.37. The van der Waals surface area contributed by atoms with E-state index in [1.54, 1.807) is 0 Å². The van der Waals surface area contributed by atoms with Gasteiger partial charge in [-0.15, -0.1) is 0 Å². The molecule has 1 heterocycles. The zero-order valence-electron chi connectivity index (χ0n) is 8.83. The Hall–Kier alpha value is -1.44. The molecular formula is C12H14N2. The fraction of sp³-hybridized carbons (Fsp3) is 0.333. The molecule has 2 rings (SSSR count). The highest BCUT2D eigenvalue weighted by Crippen LogP contribution is 2.14. The normalized spacial score (nSPS) is 10.8. The zero-order valence-corrected chi connectivity index (χ0v) is 8.83. The van der Waals surface area contributed by atoms with Crippen LogP contribution in [0.4, 0.5) is 0 Å². The van der Waals surface area contributed by atoms with Gasteiger partial charge in [0.15, 0.2) is 0 Å². The van der Waals surface area contributed by atoms with Crippen molar-refractivity contribution in [2.24, 2.45) is 0 Å². The number of rotatable bonds is 1. The van der Waals surface area contributed by atoms with Crippen LogP contribution in [0.15, 0.2) is 18.2 Å². The molecule has 0 N–H and O–H groups in total. The molecule has 0 aliphatic heterocycles. The van der Waals surface area contributed by atoms with Gasteiger partial charge in [-0.2, -0.15) is 0 Å². The zero-order chi connectivity index (χ0) is 10.1. The lowest BCUT2D eigenvalue weighted by Gasteiger charge is -2.04. The minimum atomic E-state index is 0.947. The van der Waals surface area contributed by atoms with Gasteiger partial charge in [-0.3, -0.25) is 0 Å².